The number of hydrogen-bond acceptors (Lipinski definition) is 12. The topological polar surface area (TPSA) is 175 Å². The maximum absolute atomic E-state index is 14.0. The van der Waals surface area contributed by atoms with Crippen LogP contribution in [-0.2, 0) is 19.1 Å². The molecule has 2 aliphatic heterocycles. The minimum atomic E-state index is -0.883. The van der Waals surface area contributed by atoms with Crippen LogP contribution in [0.25, 0.3) is 52.4 Å². The van der Waals surface area contributed by atoms with E-state index in [1.807, 2.05) is 66.4 Å². The molecule has 316 valence electrons. The molecule has 61 heavy (non-hydrogen) atoms. The summed E-state index contributed by atoms with van der Waals surface area (Å²) in [5.74, 6) is 1.01. The van der Waals surface area contributed by atoms with Crippen molar-refractivity contribution in [2.45, 2.75) is 63.7 Å². The summed E-state index contributed by atoms with van der Waals surface area (Å²) in [6, 6.07) is 7.17. The Morgan fingerprint density at radius 3 is 1.62 bits per heavy atom. The van der Waals surface area contributed by atoms with Gasteiger partial charge in [-0.2, -0.15) is 0 Å². The zero-order valence-corrected chi connectivity index (χ0v) is 37.1. The van der Waals surface area contributed by atoms with Crippen molar-refractivity contribution in [3.8, 4) is 33.6 Å². The average Bonchev–Trinajstić information content (AvgIpc) is 4.12. The van der Waals surface area contributed by atoms with Gasteiger partial charge < -0.3 is 39.9 Å². The van der Waals surface area contributed by atoms with Crippen molar-refractivity contribution in [2.75, 3.05) is 27.3 Å². The van der Waals surface area contributed by atoms with E-state index in [2.05, 4.69) is 42.1 Å². The van der Waals surface area contributed by atoms with Crippen molar-refractivity contribution in [3.63, 3.8) is 0 Å². The molecule has 9 rings (SSSR count). The third kappa shape index (κ3) is 7.59. The molecule has 0 radical (unpaired) electrons. The number of nitrogens with zero attached hydrogens (tertiary/aromatic N) is 4. The Morgan fingerprint density at radius 2 is 1.13 bits per heavy atom. The van der Waals surface area contributed by atoms with Crippen molar-refractivity contribution in [1.29, 1.82) is 0 Å². The Labute approximate surface area is 367 Å². The van der Waals surface area contributed by atoms with E-state index < -0.39 is 24.3 Å². The van der Waals surface area contributed by atoms with Gasteiger partial charge in [-0.3, -0.25) is 9.59 Å². The summed E-state index contributed by atoms with van der Waals surface area (Å²) in [5, 5.41) is 14.3. The van der Waals surface area contributed by atoms with E-state index in [1.165, 1.54) is 44.1 Å². The van der Waals surface area contributed by atoms with Crippen LogP contribution < -0.4 is 10.6 Å². The number of fused-ring (bicyclic) bond motifs is 2. The van der Waals surface area contributed by atoms with Gasteiger partial charge in [0.1, 0.15) is 23.7 Å². The minimum Gasteiger partial charge on any atom is -0.453 e. The lowest BCUT2D eigenvalue weighted by molar-refractivity contribution is -0.135. The molecular formula is C43H44N8O6S4. The Hall–Kier alpha value is -5.56. The number of ether oxygens (including phenoxy) is 2. The molecule has 4 amide bonds. The van der Waals surface area contributed by atoms with Crippen LogP contribution >= 0.6 is 45.3 Å². The first-order valence-corrected chi connectivity index (χ1v) is 23.6. The third-order valence-corrected chi connectivity index (χ3v) is 15.9. The Kier molecular flexibility index (Phi) is 11.4. The van der Waals surface area contributed by atoms with Gasteiger partial charge in [0.05, 0.1) is 68.9 Å². The van der Waals surface area contributed by atoms with Crippen LogP contribution in [0.3, 0.4) is 0 Å². The minimum absolute atomic E-state index is 0.110. The van der Waals surface area contributed by atoms with E-state index in [4.69, 9.17) is 19.4 Å². The fourth-order valence-electron chi connectivity index (χ4n) is 8.45. The lowest BCUT2D eigenvalue weighted by Crippen LogP contribution is -2.51. The van der Waals surface area contributed by atoms with Gasteiger partial charge in [-0.25, -0.2) is 19.6 Å². The van der Waals surface area contributed by atoms with Crippen molar-refractivity contribution < 1.29 is 28.7 Å². The lowest BCUT2D eigenvalue weighted by atomic mass is 10.0. The molecule has 4 N–H and O–H groups in total. The summed E-state index contributed by atoms with van der Waals surface area (Å²) in [7, 11) is 2.58. The SMILES string of the molecule is COC(=O)N[C@H](C(=O)N1CCCC1c1ncc(-c2csc3c(-c4csc5c(-c6cnc(C7CCCN7C(=O)[C@H](NC(=O)OC)c7ccccc7)[nH]6)csc45)csc23)[nH]1)C(C)C. The number of thiophene rings is 4. The summed E-state index contributed by atoms with van der Waals surface area (Å²) in [6.07, 6.45) is 5.63. The predicted octanol–water partition coefficient (Wildman–Crippen LogP) is 9.49. The van der Waals surface area contributed by atoms with E-state index in [9.17, 15) is 19.2 Å². The van der Waals surface area contributed by atoms with E-state index in [0.29, 0.717) is 18.7 Å². The number of nitrogens with one attached hydrogen (secondary N) is 4. The van der Waals surface area contributed by atoms with Crippen LogP contribution in [-0.4, -0.2) is 87.1 Å². The fourth-order valence-corrected chi connectivity index (χ4v) is 13.3. The van der Waals surface area contributed by atoms with Crippen molar-refractivity contribution in [1.82, 2.24) is 40.4 Å². The molecule has 0 saturated carbocycles. The van der Waals surface area contributed by atoms with Crippen LogP contribution in [0.4, 0.5) is 9.59 Å². The smallest absolute Gasteiger partial charge is 0.407 e. The molecule has 0 spiro atoms. The number of carbonyl (C=O) groups is 4. The zero-order valence-electron chi connectivity index (χ0n) is 33.9. The van der Waals surface area contributed by atoms with Crippen molar-refractivity contribution >= 4 is 88.1 Å². The van der Waals surface area contributed by atoms with Gasteiger partial charge in [0.15, 0.2) is 0 Å². The average molecular weight is 897 g/mol. The number of hydrogen-bond donors (Lipinski definition) is 4. The molecule has 2 unspecified atom stereocenters. The molecule has 8 heterocycles. The maximum Gasteiger partial charge on any atom is 0.407 e. The van der Waals surface area contributed by atoms with Gasteiger partial charge in [0, 0.05) is 56.9 Å². The van der Waals surface area contributed by atoms with Crippen molar-refractivity contribution in [3.05, 3.63) is 81.5 Å². The second kappa shape index (κ2) is 17.1. The van der Waals surface area contributed by atoms with Crippen LogP contribution in [0, 0.1) is 5.92 Å². The Bertz CT molecular complexity index is 2730. The molecule has 0 bridgehead atoms. The van der Waals surface area contributed by atoms with Gasteiger partial charge >= 0.3 is 12.2 Å². The maximum atomic E-state index is 14.0. The monoisotopic (exact) mass is 896 g/mol. The van der Waals surface area contributed by atoms with Crippen molar-refractivity contribution in [2.24, 2.45) is 5.92 Å². The van der Waals surface area contributed by atoms with E-state index in [0.717, 1.165) is 59.8 Å². The van der Waals surface area contributed by atoms with Gasteiger partial charge in [0.2, 0.25) is 5.91 Å². The second-order valence-corrected chi connectivity index (χ2v) is 19.0. The van der Waals surface area contributed by atoms with Crippen LogP contribution in [0.5, 0.6) is 0 Å². The first kappa shape index (κ1) is 40.8. The molecule has 14 nitrogen and oxygen atoms in total. The molecule has 1 aromatic carbocycles. The Morgan fingerprint density at radius 1 is 0.672 bits per heavy atom. The number of imidazole rings is 2. The molecular weight excluding hydrogens is 853 g/mol. The first-order valence-electron chi connectivity index (χ1n) is 20.1. The number of amides is 4. The summed E-state index contributed by atoms with van der Waals surface area (Å²) >= 11 is 6.86. The number of aromatic amines is 2. The lowest BCUT2D eigenvalue weighted by Gasteiger charge is -2.30. The summed E-state index contributed by atoms with van der Waals surface area (Å²) in [6.45, 7) is 4.97. The molecule has 4 atom stereocenters. The molecule has 2 aliphatic rings. The standard InChI is InChI=1S/C43H44N8O6S4/c1-22(2)32(48-42(54)56-3)40(52)50-14-8-12-30(50)38-44-16-28(46-38)26-20-60-34-24(18-58-36(26)34)25-19-59-37-27(21-61-35(25)37)29-17-45-39(47-29)31-13-9-15-51(31)41(53)33(49-43(55)57-4)23-10-6-5-7-11-23/h5-7,10-11,16-22,30-33H,8-9,12-15H2,1-4H3,(H,44,46)(H,45,47)(H,48,54)(H,49,55)/t30?,31?,32-,33+/m0/s1. The summed E-state index contributed by atoms with van der Waals surface area (Å²) in [4.78, 5) is 72.4. The number of rotatable bonds is 11. The third-order valence-electron chi connectivity index (χ3n) is 11.6. The number of H-pyrrole nitrogens is 2. The highest BCUT2D eigenvalue weighted by atomic mass is 32.1. The van der Waals surface area contributed by atoms with Crippen LogP contribution in [0.1, 0.15) is 74.9 Å². The summed E-state index contributed by atoms with van der Waals surface area (Å²) in [5.41, 5.74) is 7.03. The number of carbonyl (C=O) groups excluding carboxylic acids is 4. The highest BCUT2D eigenvalue weighted by Crippen LogP contribution is 2.50. The number of benzene rings is 1. The van der Waals surface area contributed by atoms with Gasteiger partial charge in [-0.05, 0) is 37.2 Å². The molecule has 18 heteroatoms. The van der Waals surface area contributed by atoms with E-state index in [1.54, 1.807) is 45.3 Å². The number of aromatic nitrogens is 4. The van der Waals surface area contributed by atoms with E-state index in [-0.39, 0.29) is 29.8 Å². The van der Waals surface area contributed by atoms with Gasteiger partial charge in [-0.1, -0.05) is 44.2 Å². The highest BCUT2D eigenvalue weighted by molar-refractivity contribution is 7.29. The number of alkyl carbamates (subject to hydrolysis) is 2. The fraction of sp³-hybridized carbons (Fsp3) is 0.349. The van der Waals surface area contributed by atoms with Crippen LogP contribution in [0.15, 0.2) is 64.2 Å². The normalized spacial score (nSPS) is 17.7. The van der Waals surface area contributed by atoms with Gasteiger partial charge in [0.25, 0.3) is 5.91 Å². The first-order chi connectivity index (χ1) is 29.6. The van der Waals surface area contributed by atoms with E-state index >= 15 is 0 Å². The van der Waals surface area contributed by atoms with Gasteiger partial charge in [-0.15, -0.1) is 45.3 Å². The number of likely N-dealkylation sites (tertiary alicyclic amines) is 2. The summed E-state index contributed by atoms with van der Waals surface area (Å²) < 4.78 is 14.4. The molecule has 2 fully saturated rings. The molecule has 2 saturated heterocycles. The highest BCUT2D eigenvalue weighted by Gasteiger charge is 2.39. The predicted molar refractivity (Wildman–Crippen MR) is 240 cm³/mol. The Balaban J connectivity index is 0.936. The molecule has 7 aromatic rings. The second-order valence-electron chi connectivity index (χ2n) is 15.5. The molecule has 0 aliphatic carbocycles. The quantitative estimate of drug-likeness (QED) is 0.0994. The van der Waals surface area contributed by atoms with Crippen LogP contribution in [0.2, 0.25) is 0 Å². The number of methoxy groups -OCH3 is 2. The largest absolute Gasteiger partial charge is 0.453 e. The zero-order chi connectivity index (χ0) is 42.4. The molecule has 6 aromatic heterocycles.